The number of rotatable bonds is 6. The first-order valence-electron chi connectivity index (χ1n) is 10.9. The standard InChI is InChI=1S/C24H31FN4O4/c1-15-12-29(16(2)14-30)23(31)19-6-5-7-20(22(19)33-21(15)13-28(3)4)27-24(32)26-18-10-8-17(25)9-11-18/h5-11,15-16,21,30H,12-14H2,1-4H3,(H2,26,27,32)/t15-,16+,21-/m0/s1. The topological polar surface area (TPSA) is 94.1 Å². The second kappa shape index (κ2) is 10.6. The van der Waals surface area contributed by atoms with E-state index >= 15 is 0 Å². The van der Waals surface area contributed by atoms with E-state index in [-0.39, 0.29) is 36.3 Å². The molecule has 3 N–H and O–H groups in total. The van der Waals surface area contributed by atoms with Crippen LogP contribution in [0.5, 0.6) is 5.75 Å². The lowest BCUT2D eigenvalue weighted by molar-refractivity contribution is 0.0365. The van der Waals surface area contributed by atoms with Crippen molar-refractivity contribution in [2.45, 2.75) is 26.0 Å². The first-order chi connectivity index (χ1) is 15.7. The molecule has 1 heterocycles. The average Bonchev–Trinajstić information content (AvgIpc) is 2.77. The number of halogens is 1. The van der Waals surface area contributed by atoms with Crippen LogP contribution in [0.4, 0.5) is 20.6 Å². The number of aliphatic hydroxyl groups excluding tert-OH is 1. The van der Waals surface area contributed by atoms with Crippen LogP contribution in [0.1, 0.15) is 24.2 Å². The van der Waals surface area contributed by atoms with Crippen LogP contribution in [0.2, 0.25) is 0 Å². The summed E-state index contributed by atoms with van der Waals surface area (Å²) < 4.78 is 19.5. The minimum absolute atomic E-state index is 0.0282. The molecule has 178 valence electrons. The van der Waals surface area contributed by atoms with Crippen molar-refractivity contribution in [1.82, 2.24) is 9.80 Å². The van der Waals surface area contributed by atoms with Gasteiger partial charge >= 0.3 is 6.03 Å². The Morgan fingerprint density at radius 2 is 1.94 bits per heavy atom. The van der Waals surface area contributed by atoms with Crippen molar-refractivity contribution >= 4 is 23.3 Å². The Kier molecular flexibility index (Phi) is 7.88. The van der Waals surface area contributed by atoms with Crippen molar-refractivity contribution in [2.24, 2.45) is 5.92 Å². The molecule has 0 aromatic heterocycles. The molecule has 0 saturated heterocycles. The molecule has 3 rings (SSSR count). The monoisotopic (exact) mass is 458 g/mol. The molecule has 1 aliphatic heterocycles. The number of urea groups is 1. The number of benzene rings is 2. The summed E-state index contributed by atoms with van der Waals surface area (Å²) in [5.41, 5.74) is 1.08. The molecule has 9 heteroatoms. The van der Waals surface area contributed by atoms with Crippen molar-refractivity contribution in [2.75, 3.05) is 44.4 Å². The van der Waals surface area contributed by atoms with Crippen LogP contribution < -0.4 is 15.4 Å². The number of fused-ring (bicyclic) bond motifs is 1. The van der Waals surface area contributed by atoms with Crippen LogP contribution in [0.25, 0.3) is 0 Å². The van der Waals surface area contributed by atoms with E-state index < -0.39 is 11.8 Å². The second-order valence-electron chi connectivity index (χ2n) is 8.65. The quantitative estimate of drug-likeness (QED) is 0.618. The molecule has 2 aromatic rings. The highest BCUT2D eigenvalue weighted by molar-refractivity contribution is 6.04. The summed E-state index contributed by atoms with van der Waals surface area (Å²) in [5, 5.41) is 15.1. The van der Waals surface area contributed by atoms with Crippen LogP contribution in [0.3, 0.4) is 0 Å². The predicted molar refractivity (Wildman–Crippen MR) is 125 cm³/mol. The number of para-hydroxylation sites is 1. The van der Waals surface area contributed by atoms with Gasteiger partial charge in [0.1, 0.15) is 11.9 Å². The molecule has 8 nitrogen and oxygen atoms in total. The average molecular weight is 459 g/mol. The highest BCUT2D eigenvalue weighted by atomic mass is 19.1. The van der Waals surface area contributed by atoms with E-state index in [1.54, 1.807) is 30.0 Å². The number of ether oxygens (including phenoxy) is 1. The van der Waals surface area contributed by atoms with Crippen molar-refractivity contribution in [3.8, 4) is 5.75 Å². The Morgan fingerprint density at radius 1 is 1.24 bits per heavy atom. The largest absolute Gasteiger partial charge is 0.486 e. The van der Waals surface area contributed by atoms with Crippen LogP contribution >= 0.6 is 0 Å². The molecule has 0 saturated carbocycles. The molecule has 3 atom stereocenters. The van der Waals surface area contributed by atoms with Gasteiger partial charge in [-0.15, -0.1) is 0 Å². The van der Waals surface area contributed by atoms with Crippen molar-refractivity contribution < 1.29 is 23.8 Å². The molecule has 0 spiro atoms. The maximum Gasteiger partial charge on any atom is 0.323 e. The van der Waals surface area contributed by atoms with E-state index in [1.807, 2.05) is 25.9 Å². The number of carbonyl (C=O) groups is 2. The fourth-order valence-electron chi connectivity index (χ4n) is 3.74. The lowest BCUT2D eigenvalue weighted by Crippen LogP contribution is -2.49. The van der Waals surface area contributed by atoms with Gasteiger partial charge in [0.2, 0.25) is 0 Å². The maximum absolute atomic E-state index is 13.4. The third-order valence-corrected chi connectivity index (χ3v) is 5.59. The Balaban J connectivity index is 1.95. The molecular weight excluding hydrogens is 427 g/mol. The first-order valence-corrected chi connectivity index (χ1v) is 10.9. The molecule has 0 aliphatic carbocycles. The van der Waals surface area contributed by atoms with Gasteiger partial charge in [0.05, 0.1) is 23.9 Å². The van der Waals surface area contributed by atoms with Gasteiger partial charge in [-0.25, -0.2) is 9.18 Å². The molecule has 0 unspecified atom stereocenters. The van der Waals surface area contributed by atoms with Crippen molar-refractivity contribution in [1.29, 1.82) is 0 Å². The van der Waals surface area contributed by atoms with Gasteiger partial charge in [0.15, 0.2) is 5.75 Å². The van der Waals surface area contributed by atoms with E-state index in [0.717, 1.165) is 0 Å². The zero-order valence-corrected chi connectivity index (χ0v) is 19.3. The molecular formula is C24H31FN4O4. The van der Waals surface area contributed by atoms with Gasteiger partial charge in [-0.2, -0.15) is 0 Å². The molecule has 2 aromatic carbocycles. The molecule has 3 amide bonds. The normalized spacial score (nSPS) is 19.2. The second-order valence-corrected chi connectivity index (χ2v) is 8.65. The molecule has 33 heavy (non-hydrogen) atoms. The molecule has 1 aliphatic rings. The van der Waals surface area contributed by atoms with Gasteiger partial charge in [-0.05, 0) is 57.4 Å². The smallest absolute Gasteiger partial charge is 0.323 e. The minimum Gasteiger partial charge on any atom is -0.486 e. The SMILES string of the molecule is C[C@H](CO)N1C[C@H](C)[C@H](CN(C)C)Oc2c(NC(=O)Nc3ccc(F)cc3)cccc2C1=O. The van der Waals surface area contributed by atoms with E-state index in [2.05, 4.69) is 10.6 Å². The summed E-state index contributed by atoms with van der Waals surface area (Å²) in [7, 11) is 3.88. The van der Waals surface area contributed by atoms with Crippen LogP contribution in [0, 0.1) is 11.7 Å². The summed E-state index contributed by atoms with van der Waals surface area (Å²) in [6.45, 7) is 4.67. The van der Waals surface area contributed by atoms with Crippen LogP contribution in [0.15, 0.2) is 42.5 Å². The Morgan fingerprint density at radius 3 is 2.58 bits per heavy atom. The summed E-state index contributed by atoms with van der Waals surface area (Å²) in [6.07, 6.45) is -0.261. The first kappa shape index (κ1) is 24.5. The van der Waals surface area contributed by atoms with Crippen LogP contribution in [-0.2, 0) is 0 Å². The van der Waals surface area contributed by atoms with Crippen molar-refractivity contribution in [3.63, 3.8) is 0 Å². The number of aliphatic hydroxyl groups is 1. The number of amides is 3. The van der Waals surface area contributed by atoms with E-state index in [4.69, 9.17) is 4.74 Å². The zero-order chi connectivity index (χ0) is 24.1. The third-order valence-electron chi connectivity index (χ3n) is 5.59. The highest BCUT2D eigenvalue weighted by Crippen LogP contribution is 2.35. The van der Waals surface area contributed by atoms with Crippen LogP contribution in [-0.4, -0.2) is 72.8 Å². The predicted octanol–water partition coefficient (Wildman–Crippen LogP) is 3.25. The Labute approximate surface area is 193 Å². The van der Waals surface area contributed by atoms with Gasteiger partial charge in [0, 0.05) is 24.7 Å². The van der Waals surface area contributed by atoms with Gasteiger partial charge in [-0.3, -0.25) is 4.79 Å². The lowest BCUT2D eigenvalue weighted by atomic mass is 9.99. The molecule has 0 radical (unpaired) electrons. The number of hydrogen-bond acceptors (Lipinski definition) is 5. The maximum atomic E-state index is 13.4. The third kappa shape index (κ3) is 6.00. The van der Waals surface area contributed by atoms with E-state index in [0.29, 0.717) is 30.0 Å². The zero-order valence-electron chi connectivity index (χ0n) is 19.3. The van der Waals surface area contributed by atoms with E-state index in [1.165, 1.54) is 24.3 Å². The fraction of sp³-hybridized carbons (Fsp3) is 0.417. The Hall–Kier alpha value is -3.17. The summed E-state index contributed by atoms with van der Waals surface area (Å²) in [5.74, 6) is -0.422. The number of anilines is 2. The number of likely N-dealkylation sites (N-methyl/N-ethyl adjacent to an activating group) is 1. The molecule has 0 fully saturated rings. The van der Waals surface area contributed by atoms with E-state index in [9.17, 15) is 19.1 Å². The highest BCUT2D eigenvalue weighted by Gasteiger charge is 2.34. The Bertz CT molecular complexity index is 983. The summed E-state index contributed by atoms with van der Waals surface area (Å²) >= 11 is 0. The number of hydrogen-bond donors (Lipinski definition) is 3. The van der Waals surface area contributed by atoms with Gasteiger partial charge in [-0.1, -0.05) is 13.0 Å². The number of carbonyl (C=O) groups excluding carboxylic acids is 2. The minimum atomic E-state index is -0.550. The summed E-state index contributed by atoms with van der Waals surface area (Å²) in [4.78, 5) is 29.7. The van der Waals surface area contributed by atoms with Crippen molar-refractivity contribution in [3.05, 3.63) is 53.8 Å². The number of nitrogens with zero attached hydrogens (tertiary/aromatic N) is 2. The van der Waals surface area contributed by atoms with Gasteiger partial charge in [0.25, 0.3) is 5.91 Å². The lowest BCUT2D eigenvalue weighted by Gasteiger charge is -2.38. The fourth-order valence-corrected chi connectivity index (χ4v) is 3.74. The van der Waals surface area contributed by atoms with Gasteiger partial charge < -0.3 is 30.3 Å². The summed E-state index contributed by atoms with van der Waals surface area (Å²) in [6, 6.07) is 9.47. The molecule has 0 bridgehead atoms. The number of nitrogens with one attached hydrogen (secondary N) is 2.